The maximum atomic E-state index is 15.1. The van der Waals surface area contributed by atoms with Crippen molar-refractivity contribution >= 4 is 26.6 Å². The Balaban J connectivity index is 1.54. The van der Waals surface area contributed by atoms with E-state index >= 15 is 4.39 Å². The number of aryl methyl sites for hydroxylation is 2. The molecule has 1 aromatic heterocycles. The highest BCUT2D eigenvalue weighted by Gasteiger charge is 2.42. The Labute approximate surface area is 273 Å². The molecule has 2 atom stereocenters. The standard InChI is InChI=1S/C38H26F4N2O3S/c1-21-8-16-27(17-9-21)48(45,46)44-30-19-10-22(2)36-31(30)32(35(44)24-11-13-25(14-12-24)38(40,41)42)34-29-20-26(39)15-18-28(29)37(47-36)33(43-34)23-6-4-3-5-7-23/h3-20,34,37H,1-2H3/t34-,37+/m0/s1. The van der Waals surface area contributed by atoms with Crippen LogP contribution in [0, 0.1) is 19.7 Å². The van der Waals surface area contributed by atoms with Crippen LogP contribution in [0.4, 0.5) is 17.6 Å². The van der Waals surface area contributed by atoms with Crippen LogP contribution in [-0.2, 0) is 16.2 Å². The minimum Gasteiger partial charge on any atom is -0.478 e. The average molecular weight is 667 g/mol. The molecule has 0 saturated heterocycles. The van der Waals surface area contributed by atoms with Crippen LogP contribution in [-0.4, -0.2) is 18.1 Å². The fraction of sp³-hybridized carbons (Fsp3) is 0.132. The summed E-state index contributed by atoms with van der Waals surface area (Å²) in [5.41, 5.74) is 4.14. The maximum absolute atomic E-state index is 15.1. The van der Waals surface area contributed by atoms with Gasteiger partial charge in [0.15, 0.2) is 6.10 Å². The molecule has 3 aliphatic heterocycles. The van der Waals surface area contributed by atoms with Crippen molar-refractivity contribution in [2.75, 3.05) is 0 Å². The van der Waals surface area contributed by atoms with Gasteiger partial charge in [-0.2, -0.15) is 13.2 Å². The molecule has 0 fully saturated rings. The van der Waals surface area contributed by atoms with Gasteiger partial charge in [-0.05, 0) is 78.6 Å². The zero-order valence-electron chi connectivity index (χ0n) is 25.6. The first-order chi connectivity index (χ1) is 22.9. The first-order valence-electron chi connectivity index (χ1n) is 15.2. The Hall–Kier alpha value is -5.22. The molecule has 0 saturated carbocycles. The Bertz CT molecular complexity index is 2400. The first kappa shape index (κ1) is 30.1. The van der Waals surface area contributed by atoms with E-state index in [0.29, 0.717) is 33.5 Å². The van der Waals surface area contributed by atoms with Gasteiger partial charge in [0.1, 0.15) is 17.6 Å². The van der Waals surface area contributed by atoms with Crippen molar-refractivity contribution in [3.05, 3.63) is 154 Å². The van der Waals surface area contributed by atoms with Gasteiger partial charge >= 0.3 is 6.18 Å². The third kappa shape index (κ3) is 4.57. The summed E-state index contributed by atoms with van der Waals surface area (Å²) >= 11 is 0. The molecule has 9 rings (SSSR count). The van der Waals surface area contributed by atoms with E-state index in [4.69, 9.17) is 9.73 Å². The normalized spacial score (nSPS) is 17.0. The largest absolute Gasteiger partial charge is 0.478 e. The van der Waals surface area contributed by atoms with Crippen molar-refractivity contribution in [2.45, 2.75) is 37.1 Å². The van der Waals surface area contributed by atoms with E-state index in [2.05, 4.69) is 0 Å². The molecular weight excluding hydrogens is 640 g/mol. The lowest BCUT2D eigenvalue weighted by Gasteiger charge is -2.35. The fourth-order valence-electron chi connectivity index (χ4n) is 6.76. The predicted molar refractivity (Wildman–Crippen MR) is 175 cm³/mol. The van der Waals surface area contributed by atoms with Crippen LogP contribution >= 0.6 is 0 Å². The number of benzene rings is 5. The molecule has 0 N–H and O–H groups in total. The van der Waals surface area contributed by atoms with E-state index in [1.165, 1.54) is 40.4 Å². The summed E-state index contributed by atoms with van der Waals surface area (Å²) in [4.78, 5) is 5.16. The monoisotopic (exact) mass is 666 g/mol. The molecule has 10 heteroatoms. The lowest BCUT2D eigenvalue weighted by molar-refractivity contribution is -0.137. The smallest absolute Gasteiger partial charge is 0.416 e. The Morgan fingerprint density at radius 2 is 1.50 bits per heavy atom. The third-order valence-electron chi connectivity index (χ3n) is 9.04. The Kier molecular flexibility index (Phi) is 6.68. The second kappa shape index (κ2) is 10.6. The molecule has 5 aromatic carbocycles. The van der Waals surface area contributed by atoms with Crippen LogP contribution < -0.4 is 4.74 Å². The Morgan fingerprint density at radius 1 is 0.792 bits per heavy atom. The zero-order chi connectivity index (χ0) is 33.5. The Morgan fingerprint density at radius 3 is 2.19 bits per heavy atom. The van der Waals surface area contributed by atoms with E-state index in [1.807, 2.05) is 44.2 Å². The highest BCUT2D eigenvalue weighted by atomic mass is 32.2. The highest BCUT2D eigenvalue weighted by molar-refractivity contribution is 7.90. The fourth-order valence-corrected chi connectivity index (χ4v) is 8.31. The van der Waals surface area contributed by atoms with E-state index in [0.717, 1.165) is 28.8 Å². The number of aliphatic imine (C=N–C) groups is 1. The van der Waals surface area contributed by atoms with Gasteiger partial charge < -0.3 is 4.74 Å². The molecule has 5 nitrogen and oxygen atoms in total. The van der Waals surface area contributed by atoms with Gasteiger partial charge in [-0.25, -0.2) is 16.8 Å². The lowest BCUT2D eigenvalue weighted by Crippen LogP contribution is -2.29. The zero-order valence-corrected chi connectivity index (χ0v) is 26.4. The number of alkyl halides is 3. The van der Waals surface area contributed by atoms with E-state index in [-0.39, 0.29) is 21.7 Å². The summed E-state index contributed by atoms with van der Waals surface area (Å²) in [7, 11) is -4.37. The molecule has 48 heavy (non-hydrogen) atoms. The molecule has 0 unspecified atom stereocenters. The maximum Gasteiger partial charge on any atom is 0.416 e. The molecule has 0 spiro atoms. The number of hydrogen-bond acceptors (Lipinski definition) is 4. The molecule has 2 bridgehead atoms. The molecule has 3 aliphatic rings. The molecule has 0 amide bonds. The minimum absolute atomic E-state index is 0.00755. The van der Waals surface area contributed by atoms with Gasteiger partial charge in [-0.1, -0.05) is 72.3 Å². The number of ether oxygens (including phenoxy) is 1. The quantitative estimate of drug-likeness (QED) is 0.176. The van der Waals surface area contributed by atoms with Crippen molar-refractivity contribution < 1.29 is 30.7 Å². The van der Waals surface area contributed by atoms with Gasteiger partial charge in [-0.3, -0.25) is 4.99 Å². The van der Waals surface area contributed by atoms with Gasteiger partial charge in [-0.15, -0.1) is 0 Å². The van der Waals surface area contributed by atoms with E-state index in [9.17, 15) is 21.6 Å². The predicted octanol–water partition coefficient (Wildman–Crippen LogP) is 9.35. The summed E-state index contributed by atoms with van der Waals surface area (Å²) in [5, 5.41) is 0.446. The molecular formula is C38H26F4N2O3S. The molecule has 6 aromatic rings. The second-order valence-electron chi connectivity index (χ2n) is 12.1. The molecule has 4 heterocycles. The van der Waals surface area contributed by atoms with E-state index < -0.39 is 39.7 Å². The number of halogens is 4. The molecule has 0 radical (unpaired) electrons. The van der Waals surface area contributed by atoms with Gasteiger partial charge in [0, 0.05) is 16.5 Å². The summed E-state index contributed by atoms with van der Waals surface area (Å²) in [6.07, 6.45) is -5.35. The lowest BCUT2D eigenvalue weighted by atomic mass is 9.82. The van der Waals surface area contributed by atoms with Crippen molar-refractivity contribution in [3.8, 4) is 17.0 Å². The van der Waals surface area contributed by atoms with Crippen LogP contribution in [0.2, 0.25) is 0 Å². The van der Waals surface area contributed by atoms with Crippen molar-refractivity contribution in [1.82, 2.24) is 3.97 Å². The van der Waals surface area contributed by atoms with Crippen molar-refractivity contribution in [3.63, 3.8) is 0 Å². The third-order valence-corrected chi connectivity index (χ3v) is 10.8. The summed E-state index contributed by atoms with van der Waals surface area (Å²) < 4.78 is 93.7. The van der Waals surface area contributed by atoms with Crippen LogP contribution in [0.15, 0.2) is 119 Å². The summed E-state index contributed by atoms with van der Waals surface area (Å²) in [6, 6.07) is 27.0. The average Bonchev–Trinajstić information content (AvgIpc) is 3.40. The number of rotatable bonds is 4. The number of aromatic nitrogens is 1. The van der Waals surface area contributed by atoms with Crippen LogP contribution in [0.3, 0.4) is 0 Å². The summed E-state index contributed by atoms with van der Waals surface area (Å²) in [6.45, 7) is 3.69. The van der Waals surface area contributed by atoms with Gasteiger partial charge in [0.2, 0.25) is 0 Å². The molecule has 240 valence electrons. The highest BCUT2D eigenvalue weighted by Crippen LogP contribution is 2.53. The van der Waals surface area contributed by atoms with Gasteiger partial charge in [0.25, 0.3) is 10.0 Å². The van der Waals surface area contributed by atoms with Crippen LogP contribution in [0.1, 0.15) is 51.1 Å². The van der Waals surface area contributed by atoms with Gasteiger partial charge in [0.05, 0.1) is 27.4 Å². The topological polar surface area (TPSA) is 60.7 Å². The van der Waals surface area contributed by atoms with Crippen LogP contribution in [0.5, 0.6) is 5.75 Å². The summed E-state index contributed by atoms with van der Waals surface area (Å²) in [5.74, 6) is -0.0956. The van der Waals surface area contributed by atoms with Crippen LogP contribution in [0.25, 0.3) is 22.2 Å². The van der Waals surface area contributed by atoms with Crippen molar-refractivity contribution in [2.24, 2.45) is 4.99 Å². The molecule has 0 aliphatic carbocycles. The number of hydrogen-bond donors (Lipinski definition) is 0. The van der Waals surface area contributed by atoms with Crippen molar-refractivity contribution in [1.29, 1.82) is 0 Å². The minimum atomic E-state index is -4.61. The SMILES string of the molecule is Cc1ccc(S(=O)(=O)n2c(-c3ccc(C(F)(F)F)cc3)c3c4c(c(C)ccc42)O[C@H]2C(c4ccccc4)=N[C@H]3c3cc(F)ccc32)cc1. The second-order valence-corrected chi connectivity index (χ2v) is 13.9. The van der Waals surface area contributed by atoms with E-state index in [1.54, 1.807) is 30.3 Å². The first-order valence-corrected chi connectivity index (χ1v) is 16.6. The number of nitrogens with zero attached hydrogens (tertiary/aromatic N) is 2.